The van der Waals surface area contributed by atoms with Crippen LogP contribution in [-0.2, 0) is 50.4 Å². The van der Waals surface area contributed by atoms with E-state index in [1.165, 1.54) is 52.4 Å². The molecule has 2 aliphatic heterocycles. The van der Waals surface area contributed by atoms with Gasteiger partial charge in [0, 0.05) is 43.0 Å². The number of carbonyl (C=O) groups excluding carboxylic acids is 4. The van der Waals surface area contributed by atoms with Crippen molar-refractivity contribution in [1.29, 1.82) is 0 Å². The highest BCUT2D eigenvalue weighted by atomic mass is 35.5. The number of hydrogen-bond acceptors (Lipinski definition) is 24. The van der Waals surface area contributed by atoms with E-state index in [9.17, 15) is 24.8 Å². The summed E-state index contributed by atoms with van der Waals surface area (Å²) in [4.78, 5) is 81.1. The molecule has 2 fully saturated rings. The number of aromatic nitrogens is 1. The first-order chi connectivity index (χ1) is 42.3. The lowest BCUT2D eigenvalue weighted by atomic mass is 9.81. The maximum atomic E-state index is 16.0. The van der Waals surface area contributed by atoms with Crippen LogP contribution in [0.4, 0.5) is 14.4 Å². The minimum absolute atomic E-state index is 0.0285. The average molecular weight is 1260 g/mol. The Bertz CT molecular complexity index is 3440. The van der Waals surface area contributed by atoms with Crippen LogP contribution in [0.15, 0.2) is 127 Å². The number of nitrogens with zero attached hydrogens (tertiary/aromatic N) is 7. The van der Waals surface area contributed by atoms with Gasteiger partial charge in [-0.2, -0.15) is 0 Å². The van der Waals surface area contributed by atoms with Crippen LogP contribution in [0, 0.1) is 13.8 Å². The Morgan fingerprint density at radius 1 is 0.614 bits per heavy atom. The van der Waals surface area contributed by atoms with Crippen LogP contribution in [0.1, 0.15) is 58.2 Å². The number of rotatable bonds is 26. The summed E-state index contributed by atoms with van der Waals surface area (Å²) in [6.07, 6.45) is 0.145. The van der Waals surface area contributed by atoms with Crippen molar-refractivity contribution in [1.82, 2.24) is 35.9 Å². The summed E-state index contributed by atoms with van der Waals surface area (Å²) in [6.45, 7) is 2.36. The number of benzene rings is 5. The number of halogens is 2. The first-order valence-corrected chi connectivity index (χ1v) is 28.0. The molecule has 6 aromatic rings. The number of fused-ring (bicyclic) bond motifs is 2. The van der Waals surface area contributed by atoms with E-state index in [2.05, 4.69) is 9.82 Å². The third kappa shape index (κ3) is 17.5. The highest BCUT2D eigenvalue weighted by molar-refractivity contribution is 6.37. The van der Waals surface area contributed by atoms with Gasteiger partial charge in [0.05, 0.1) is 58.1 Å². The lowest BCUT2D eigenvalue weighted by molar-refractivity contribution is -0.497. The van der Waals surface area contributed by atoms with Gasteiger partial charge in [-0.3, -0.25) is 40.9 Å². The molecule has 2 bridgehead atoms. The van der Waals surface area contributed by atoms with Crippen LogP contribution in [-0.4, -0.2) is 149 Å². The molecule has 3 amide bonds. The average Bonchev–Trinajstić information content (AvgIpc) is 1.12. The van der Waals surface area contributed by atoms with Gasteiger partial charge in [-0.25, -0.2) is 33.9 Å². The van der Waals surface area contributed by atoms with E-state index in [0.717, 1.165) is 5.56 Å². The van der Waals surface area contributed by atoms with E-state index in [1.807, 2.05) is 6.92 Å². The first-order valence-electron chi connectivity index (χ1n) is 27.3. The molecule has 466 valence electrons. The number of carbonyl (C=O) groups is 4. The Labute approximate surface area is 512 Å². The Kier molecular flexibility index (Phi) is 22.0. The molecule has 5 aromatic carbocycles. The van der Waals surface area contributed by atoms with Crippen molar-refractivity contribution in [2.75, 3.05) is 39.5 Å². The molecule has 1 saturated carbocycles. The summed E-state index contributed by atoms with van der Waals surface area (Å²) in [5, 5.41) is 53.8. The van der Waals surface area contributed by atoms with Crippen molar-refractivity contribution in [2.45, 2.75) is 77.6 Å². The van der Waals surface area contributed by atoms with E-state index in [0.29, 0.717) is 73.3 Å². The minimum atomic E-state index is -1.17. The molecule has 0 radical (unpaired) electrons. The second-order valence-corrected chi connectivity index (χ2v) is 21.0. The normalized spacial score (nSPS) is 15.6. The second-order valence-electron chi connectivity index (χ2n) is 20.2. The summed E-state index contributed by atoms with van der Waals surface area (Å²) < 4.78 is 40.4. The monoisotopic (exact) mass is 1260 g/mol. The fraction of sp³-hybridized carbons (Fsp3) is 0.305. The molecule has 1 saturated heterocycles. The van der Waals surface area contributed by atoms with Crippen LogP contribution in [0.2, 0.25) is 10.0 Å². The SMILES string of the molecule is Cc1cc(Cl)c(OCCOc2ccc(C3=C(C(=O)N(Cc4ccnc(OCCOC(=O)Oc5cccc(CON(O)O)c5)c4C)C4CC4)C4CN(C(=O)Oc5cccc(CON(O)O)c5)CC(C3)N4C(=O)Oc3cccc(CON(O)O)c3)cc2)c(Cl)c1. The van der Waals surface area contributed by atoms with Gasteiger partial charge in [0.15, 0.2) is 5.75 Å². The van der Waals surface area contributed by atoms with Gasteiger partial charge in [-0.1, -0.05) is 71.7 Å². The maximum Gasteiger partial charge on any atom is 0.513 e. The van der Waals surface area contributed by atoms with E-state index < -0.39 is 52.5 Å². The van der Waals surface area contributed by atoms with Crippen LogP contribution >= 0.6 is 23.2 Å². The number of pyridine rings is 1. The van der Waals surface area contributed by atoms with E-state index >= 15 is 4.79 Å². The summed E-state index contributed by atoms with van der Waals surface area (Å²) >= 11 is 12.8. The van der Waals surface area contributed by atoms with Gasteiger partial charge in [0.25, 0.3) is 5.91 Å². The highest BCUT2D eigenvalue weighted by Gasteiger charge is 2.50. The summed E-state index contributed by atoms with van der Waals surface area (Å²) in [5.74, 6) is 0.824. The van der Waals surface area contributed by atoms with Gasteiger partial charge in [0.1, 0.15) is 49.4 Å². The van der Waals surface area contributed by atoms with Gasteiger partial charge in [0.2, 0.25) is 5.88 Å². The van der Waals surface area contributed by atoms with Crippen LogP contribution in [0.25, 0.3) is 5.57 Å². The van der Waals surface area contributed by atoms with Crippen LogP contribution in [0.3, 0.4) is 0 Å². The van der Waals surface area contributed by atoms with E-state index in [4.69, 9.17) is 86.9 Å². The van der Waals surface area contributed by atoms with E-state index in [-0.39, 0.29) is 107 Å². The molecule has 1 aliphatic carbocycles. The van der Waals surface area contributed by atoms with Gasteiger partial charge in [-0.15, -0.1) is 0 Å². The Morgan fingerprint density at radius 2 is 1.16 bits per heavy atom. The van der Waals surface area contributed by atoms with Crippen LogP contribution in [0.5, 0.6) is 34.6 Å². The molecule has 2 unspecified atom stereocenters. The van der Waals surface area contributed by atoms with Crippen molar-refractivity contribution in [3.8, 4) is 34.6 Å². The zero-order valence-corrected chi connectivity index (χ0v) is 48.8. The van der Waals surface area contributed by atoms with E-state index in [1.54, 1.807) is 90.7 Å². The van der Waals surface area contributed by atoms with Crippen molar-refractivity contribution in [3.63, 3.8) is 0 Å². The molecule has 3 heterocycles. The van der Waals surface area contributed by atoms with Gasteiger partial charge >= 0.3 is 18.3 Å². The van der Waals surface area contributed by atoms with Crippen molar-refractivity contribution in [3.05, 3.63) is 176 Å². The largest absolute Gasteiger partial charge is 0.513 e. The number of hydrogen-bond donors (Lipinski definition) is 6. The molecular formula is C59H61Cl2N7O20. The quantitative estimate of drug-likeness (QED) is 0.0127. The number of ether oxygens (including phenoxy) is 7. The smallest absolute Gasteiger partial charge is 0.490 e. The fourth-order valence-electron chi connectivity index (χ4n) is 9.92. The minimum Gasteiger partial charge on any atom is -0.490 e. The van der Waals surface area contributed by atoms with Gasteiger partial charge < -0.3 is 43.0 Å². The van der Waals surface area contributed by atoms with Crippen molar-refractivity contribution < 1.29 is 98.1 Å². The maximum absolute atomic E-state index is 16.0. The second kappa shape index (κ2) is 30.1. The van der Waals surface area contributed by atoms with Crippen molar-refractivity contribution >= 4 is 53.0 Å². The fourth-order valence-corrected chi connectivity index (χ4v) is 10.6. The zero-order valence-electron chi connectivity index (χ0n) is 47.3. The summed E-state index contributed by atoms with van der Waals surface area (Å²) in [5.41, 5.74) is 4.80. The molecule has 9 rings (SSSR count). The molecule has 6 N–H and O–H groups in total. The Morgan fingerprint density at radius 3 is 1.73 bits per heavy atom. The number of piperazine rings is 1. The summed E-state index contributed by atoms with van der Waals surface area (Å²) in [7, 11) is 0. The molecule has 1 aromatic heterocycles. The molecule has 29 heteroatoms. The predicted octanol–water partition coefficient (Wildman–Crippen LogP) is 9.69. The predicted molar refractivity (Wildman–Crippen MR) is 303 cm³/mol. The summed E-state index contributed by atoms with van der Waals surface area (Å²) in [6, 6.07) is 28.6. The lowest BCUT2D eigenvalue weighted by Crippen LogP contribution is -2.66. The van der Waals surface area contributed by atoms with Gasteiger partial charge in [-0.05, 0) is 139 Å². The number of aryl methyl sites for hydroxylation is 1. The molecule has 0 spiro atoms. The topological polar surface area (TPSA) is 314 Å². The first kappa shape index (κ1) is 64.2. The molecular weight excluding hydrogens is 1200 g/mol. The molecule has 3 aliphatic rings. The standard InChI is InChI=1S/C59H61Cl2N7O20/c1-36-24-50(60)54(51(61)25-36)80-21-20-79-45-16-12-41(13-17-45)49-29-44-31-63(57(70)86-46-9-3-6-38(26-46)33-83-66(73)74)32-52(65(44)58(71)87-47-10-4-7-39(27-47)34-84-67(75)76)53(49)56(69)64(43-14-15-43)30-42-18-19-62-55(37(42)2)81-22-23-82-59(72)88-48-11-5-8-40(28-48)35-85-68(77)78/h3-13,16-19,24-28,43-44,52,73-78H,14-15,20-23,29-35H2,1-2H3. The third-order valence-electron chi connectivity index (χ3n) is 14.0. The lowest BCUT2D eigenvalue weighted by Gasteiger charge is -2.50. The highest BCUT2D eigenvalue weighted by Crippen LogP contribution is 2.43. The molecule has 88 heavy (non-hydrogen) atoms. The Hall–Kier alpha value is -8.23. The van der Waals surface area contributed by atoms with Crippen molar-refractivity contribution in [2.24, 2.45) is 0 Å². The molecule has 27 nitrogen and oxygen atoms in total. The number of amides is 3. The zero-order chi connectivity index (χ0) is 62.4. The van der Waals surface area contributed by atoms with Crippen LogP contribution < -0.4 is 28.4 Å². The Balaban J connectivity index is 1.00. The molecule has 2 atom stereocenters. The third-order valence-corrected chi connectivity index (χ3v) is 14.6.